The van der Waals surface area contributed by atoms with Crippen LogP contribution in [0, 0.1) is 0 Å². The molecule has 0 N–H and O–H groups in total. The van der Waals surface area contributed by atoms with Crippen LogP contribution in [0.5, 0.6) is 17.2 Å². The van der Waals surface area contributed by atoms with E-state index in [9.17, 15) is 4.79 Å². The van der Waals surface area contributed by atoms with Gasteiger partial charge in [0.05, 0.1) is 22.1 Å². The van der Waals surface area contributed by atoms with Gasteiger partial charge < -0.3 is 14.2 Å². The van der Waals surface area contributed by atoms with Crippen LogP contribution in [0.15, 0.2) is 69.0 Å². The highest BCUT2D eigenvalue weighted by atomic mass is 79.9. The highest BCUT2D eigenvalue weighted by molar-refractivity contribution is 9.10. The summed E-state index contributed by atoms with van der Waals surface area (Å²) in [4.78, 5) is 18.0. The van der Waals surface area contributed by atoms with E-state index in [2.05, 4.69) is 21.0 Å². The van der Waals surface area contributed by atoms with Crippen molar-refractivity contribution in [3.63, 3.8) is 0 Å². The summed E-state index contributed by atoms with van der Waals surface area (Å²) >= 11 is 9.91. The Morgan fingerprint density at radius 1 is 1.11 bits per heavy atom. The second kappa shape index (κ2) is 9.59. The summed E-state index contributed by atoms with van der Waals surface area (Å²) in [5, 5.41) is 5.42. The SMILES string of the molecule is CC(C)(C)c1nc2ccc(Br)cc2c(=O)n1N=Cc1ccc(OCc2ccc3c(c2)OCO3)c(Cl)c1. The van der Waals surface area contributed by atoms with Gasteiger partial charge in [-0.2, -0.15) is 9.78 Å². The van der Waals surface area contributed by atoms with Gasteiger partial charge in [-0.3, -0.25) is 4.79 Å². The van der Waals surface area contributed by atoms with Gasteiger partial charge in [-0.1, -0.05) is 54.4 Å². The van der Waals surface area contributed by atoms with Gasteiger partial charge in [0.25, 0.3) is 5.56 Å². The molecule has 0 unspecified atom stereocenters. The molecular formula is C27H23BrClN3O4. The molecule has 0 saturated carbocycles. The van der Waals surface area contributed by atoms with Crippen molar-refractivity contribution < 1.29 is 14.2 Å². The number of benzene rings is 3. The molecule has 36 heavy (non-hydrogen) atoms. The van der Waals surface area contributed by atoms with Crippen LogP contribution in [-0.4, -0.2) is 22.7 Å². The third-order valence-electron chi connectivity index (χ3n) is 5.59. The van der Waals surface area contributed by atoms with Crippen LogP contribution in [0.4, 0.5) is 0 Å². The first kappa shape index (κ1) is 24.3. The Morgan fingerprint density at radius 2 is 1.92 bits per heavy atom. The Balaban J connectivity index is 1.40. The molecule has 2 heterocycles. The molecule has 1 aromatic heterocycles. The molecule has 0 fully saturated rings. The van der Waals surface area contributed by atoms with Crippen LogP contribution in [0.3, 0.4) is 0 Å². The first-order chi connectivity index (χ1) is 17.2. The van der Waals surface area contributed by atoms with Gasteiger partial charge in [0.1, 0.15) is 18.2 Å². The number of rotatable bonds is 5. The minimum atomic E-state index is -0.401. The number of hydrogen-bond acceptors (Lipinski definition) is 6. The van der Waals surface area contributed by atoms with E-state index in [1.54, 1.807) is 24.4 Å². The molecule has 0 atom stereocenters. The van der Waals surface area contributed by atoms with Crippen molar-refractivity contribution in [3.8, 4) is 17.2 Å². The third kappa shape index (κ3) is 4.96. The van der Waals surface area contributed by atoms with Crippen molar-refractivity contribution >= 4 is 44.6 Å². The van der Waals surface area contributed by atoms with Gasteiger partial charge in [-0.25, -0.2) is 4.98 Å². The molecule has 5 rings (SSSR count). The summed E-state index contributed by atoms with van der Waals surface area (Å²) in [5.41, 5.74) is 1.65. The molecule has 0 aliphatic carbocycles. The number of nitrogens with zero attached hydrogens (tertiary/aromatic N) is 3. The molecule has 0 spiro atoms. The van der Waals surface area contributed by atoms with E-state index in [1.807, 2.05) is 57.2 Å². The third-order valence-corrected chi connectivity index (χ3v) is 6.38. The smallest absolute Gasteiger partial charge is 0.282 e. The second-order valence-corrected chi connectivity index (χ2v) is 10.7. The number of aromatic nitrogens is 2. The van der Waals surface area contributed by atoms with Crippen LogP contribution >= 0.6 is 27.5 Å². The second-order valence-electron chi connectivity index (χ2n) is 9.37. The van der Waals surface area contributed by atoms with Gasteiger partial charge >= 0.3 is 0 Å². The molecular weight excluding hydrogens is 546 g/mol. The monoisotopic (exact) mass is 567 g/mol. The standard InChI is InChI=1S/C27H23BrClN3O4/c1-27(2,3)26-31-21-7-6-18(28)12-19(21)25(33)32(26)30-13-16-4-8-22(20(29)10-16)34-14-17-5-9-23-24(11-17)36-15-35-23/h4-13H,14-15H2,1-3H3. The fraction of sp³-hybridized carbons (Fsp3) is 0.222. The Hall–Kier alpha value is -3.36. The summed E-state index contributed by atoms with van der Waals surface area (Å²) < 4.78 is 18.8. The highest BCUT2D eigenvalue weighted by Crippen LogP contribution is 2.33. The van der Waals surface area contributed by atoms with Crippen LogP contribution in [-0.2, 0) is 12.0 Å². The predicted octanol–water partition coefficient (Wildman–Crippen LogP) is 6.30. The van der Waals surface area contributed by atoms with Gasteiger partial charge in [0, 0.05) is 9.89 Å². The Kier molecular flexibility index (Phi) is 6.49. The fourth-order valence-electron chi connectivity index (χ4n) is 3.77. The molecule has 0 radical (unpaired) electrons. The van der Waals surface area contributed by atoms with E-state index in [1.165, 1.54) is 4.68 Å². The summed E-state index contributed by atoms with van der Waals surface area (Å²) in [5.74, 6) is 2.53. The van der Waals surface area contributed by atoms with Gasteiger partial charge in [-0.05, 0) is 59.7 Å². The first-order valence-electron chi connectivity index (χ1n) is 11.3. The van der Waals surface area contributed by atoms with Crippen LogP contribution < -0.4 is 19.8 Å². The van der Waals surface area contributed by atoms with Gasteiger partial charge in [-0.15, -0.1) is 0 Å². The maximum absolute atomic E-state index is 13.3. The molecule has 1 aliphatic rings. The van der Waals surface area contributed by atoms with E-state index in [0.717, 1.165) is 21.3 Å². The average Bonchev–Trinajstić information content (AvgIpc) is 3.30. The van der Waals surface area contributed by atoms with E-state index >= 15 is 0 Å². The maximum atomic E-state index is 13.3. The summed E-state index contributed by atoms with van der Waals surface area (Å²) in [6, 6.07) is 16.5. The van der Waals surface area contributed by atoms with Crippen molar-refractivity contribution in [1.82, 2.24) is 9.66 Å². The molecule has 3 aromatic carbocycles. The zero-order valence-electron chi connectivity index (χ0n) is 19.9. The quantitative estimate of drug-likeness (QED) is 0.264. The topological polar surface area (TPSA) is 74.9 Å². The predicted molar refractivity (Wildman–Crippen MR) is 144 cm³/mol. The zero-order chi connectivity index (χ0) is 25.4. The molecule has 1 aliphatic heterocycles. The van der Waals surface area contributed by atoms with Crippen LogP contribution in [0.1, 0.15) is 37.7 Å². The number of halogens is 2. The van der Waals surface area contributed by atoms with E-state index < -0.39 is 5.41 Å². The zero-order valence-corrected chi connectivity index (χ0v) is 22.3. The van der Waals surface area contributed by atoms with Crippen molar-refractivity contribution in [3.05, 3.63) is 91.4 Å². The average molecular weight is 569 g/mol. The normalized spacial score (nSPS) is 13.0. The van der Waals surface area contributed by atoms with Crippen LogP contribution in [0.2, 0.25) is 5.02 Å². The Morgan fingerprint density at radius 3 is 2.69 bits per heavy atom. The largest absolute Gasteiger partial charge is 0.487 e. The molecule has 9 heteroatoms. The van der Waals surface area contributed by atoms with Crippen molar-refractivity contribution in [1.29, 1.82) is 0 Å². The Labute approximate surface area is 221 Å². The van der Waals surface area contributed by atoms with E-state index in [0.29, 0.717) is 39.9 Å². The van der Waals surface area contributed by atoms with E-state index in [4.69, 9.17) is 30.8 Å². The lowest BCUT2D eigenvalue weighted by Gasteiger charge is -2.20. The van der Waals surface area contributed by atoms with Crippen LogP contribution in [0.25, 0.3) is 10.9 Å². The molecule has 4 aromatic rings. The van der Waals surface area contributed by atoms with Gasteiger partial charge in [0.15, 0.2) is 11.5 Å². The first-order valence-corrected chi connectivity index (χ1v) is 12.4. The Bertz CT molecular complexity index is 1560. The fourth-order valence-corrected chi connectivity index (χ4v) is 4.38. The molecule has 0 bridgehead atoms. The summed E-state index contributed by atoms with van der Waals surface area (Å²) in [7, 11) is 0. The van der Waals surface area contributed by atoms with Crippen molar-refractivity contribution in [2.75, 3.05) is 6.79 Å². The number of ether oxygens (including phenoxy) is 3. The van der Waals surface area contributed by atoms with Crippen molar-refractivity contribution in [2.45, 2.75) is 32.8 Å². The lowest BCUT2D eigenvalue weighted by atomic mass is 9.95. The summed E-state index contributed by atoms with van der Waals surface area (Å²) in [6.45, 7) is 6.54. The lowest BCUT2D eigenvalue weighted by Crippen LogP contribution is -2.29. The number of hydrogen-bond donors (Lipinski definition) is 0. The molecule has 7 nitrogen and oxygen atoms in total. The highest BCUT2D eigenvalue weighted by Gasteiger charge is 2.23. The minimum absolute atomic E-state index is 0.227. The minimum Gasteiger partial charge on any atom is -0.487 e. The van der Waals surface area contributed by atoms with Gasteiger partial charge in [0.2, 0.25) is 6.79 Å². The molecule has 0 amide bonds. The summed E-state index contributed by atoms with van der Waals surface area (Å²) in [6.07, 6.45) is 1.59. The number of fused-ring (bicyclic) bond motifs is 2. The molecule has 184 valence electrons. The lowest BCUT2D eigenvalue weighted by molar-refractivity contribution is 0.174. The molecule has 0 saturated heterocycles. The maximum Gasteiger partial charge on any atom is 0.282 e. The van der Waals surface area contributed by atoms with Crippen molar-refractivity contribution in [2.24, 2.45) is 5.10 Å². The van der Waals surface area contributed by atoms with E-state index in [-0.39, 0.29) is 12.4 Å².